The number of likely N-dealkylation sites (tertiary alicyclic amines) is 1. The van der Waals surface area contributed by atoms with Crippen LogP contribution in [0.3, 0.4) is 0 Å². The van der Waals surface area contributed by atoms with E-state index in [4.69, 9.17) is 4.84 Å². The zero-order chi connectivity index (χ0) is 18.1. The highest BCUT2D eigenvalue weighted by molar-refractivity contribution is 5.94. The van der Waals surface area contributed by atoms with Crippen LogP contribution in [0.2, 0.25) is 0 Å². The Morgan fingerprint density at radius 2 is 2.04 bits per heavy atom. The molecule has 0 aromatic heterocycles. The summed E-state index contributed by atoms with van der Waals surface area (Å²) in [5, 5.41) is 1.55. The lowest BCUT2D eigenvalue weighted by Gasteiger charge is -2.35. The maximum absolute atomic E-state index is 13.4. The molecule has 0 N–H and O–H groups in total. The summed E-state index contributed by atoms with van der Waals surface area (Å²) in [6.07, 6.45) is 5.64. The smallest absolute Gasteiger partial charge is 0.253 e. The minimum absolute atomic E-state index is 0.0779. The summed E-state index contributed by atoms with van der Waals surface area (Å²) in [6.45, 7) is 2.47. The fourth-order valence-corrected chi connectivity index (χ4v) is 4.83. The molecule has 1 saturated carbocycles. The molecule has 0 bridgehead atoms. The molecule has 140 valence electrons. The molecule has 6 heteroatoms. The number of nitrogens with zero attached hydrogens (tertiary/aromatic N) is 2. The van der Waals surface area contributed by atoms with E-state index in [9.17, 15) is 14.0 Å². The van der Waals surface area contributed by atoms with Gasteiger partial charge < -0.3 is 4.90 Å². The molecule has 1 aromatic rings. The SMILES string of the molecule is O=C(c1cccc(F)c1)N1CC[C@@]2(CCC[C@@H]2C(=O)N2CCCCO2)C1. The molecular weight excluding hydrogens is 335 g/mol. The molecule has 3 aliphatic rings. The molecule has 2 saturated heterocycles. The third kappa shape index (κ3) is 3.11. The van der Waals surface area contributed by atoms with Crippen molar-refractivity contribution in [3.8, 4) is 0 Å². The minimum atomic E-state index is -0.402. The van der Waals surface area contributed by atoms with E-state index in [-0.39, 0.29) is 23.1 Å². The van der Waals surface area contributed by atoms with Gasteiger partial charge in [0.1, 0.15) is 5.82 Å². The number of halogens is 1. The molecule has 1 spiro atoms. The molecule has 2 aliphatic heterocycles. The Hall–Kier alpha value is -1.95. The maximum atomic E-state index is 13.4. The number of hydrogen-bond donors (Lipinski definition) is 0. The summed E-state index contributed by atoms with van der Waals surface area (Å²) < 4.78 is 13.4. The van der Waals surface area contributed by atoms with Gasteiger partial charge in [-0.15, -0.1) is 0 Å². The number of hydrogen-bond acceptors (Lipinski definition) is 3. The lowest BCUT2D eigenvalue weighted by molar-refractivity contribution is -0.204. The molecule has 1 aromatic carbocycles. The fraction of sp³-hybridized carbons (Fsp3) is 0.600. The van der Waals surface area contributed by atoms with Crippen LogP contribution in [0.15, 0.2) is 24.3 Å². The van der Waals surface area contributed by atoms with Gasteiger partial charge in [-0.05, 0) is 50.3 Å². The van der Waals surface area contributed by atoms with Gasteiger partial charge in [-0.1, -0.05) is 12.5 Å². The van der Waals surface area contributed by atoms with Crippen molar-refractivity contribution in [1.82, 2.24) is 9.96 Å². The van der Waals surface area contributed by atoms with Gasteiger partial charge in [0, 0.05) is 36.5 Å². The minimum Gasteiger partial charge on any atom is -0.338 e. The monoisotopic (exact) mass is 360 g/mol. The lowest BCUT2D eigenvalue weighted by Crippen LogP contribution is -2.45. The molecule has 3 fully saturated rings. The molecule has 0 radical (unpaired) electrons. The molecule has 0 unspecified atom stereocenters. The van der Waals surface area contributed by atoms with Gasteiger partial charge in [0.15, 0.2) is 0 Å². The van der Waals surface area contributed by atoms with E-state index in [1.165, 1.54) is 12.1 Å². The molecule has 2 atom stereocenters. The van der Waals surface area contributed by atoms with Crippen molar-refractivity contribution in [2.24, 2.45) is 11.3 Å². The van der Waals surface area contributed by atoms with Gasteiger partial charge in [-0.25, -0.2) is 9.45 Å². The van der Waals surface area contributed by atoms with Gasteiger partial charge in [-0.3, -0.25) is 14.4 Å². The highest BCUT2D eigenvalue weighted by atomic mass is 19.1. The molecule has 4 rings (SSSR count). The van der Waals surface area contributed by atoms with Crippen molar-refractivity contribution in [3.63, 3.8) is 0 Å². The number of carbonyl (C=O) groups is 2. The predicted molar refractivity (Wildman–Crippen MR) is 93.6 cm³/mol. The van der Waals surface area contributed by atoms with Crippen molar-refractivity contribution in [2.75, 3.05) is 26.2 Å². The van der Waals surface area contributed by atoms with E-state index in [0.717, 1.165) is 38.5 Å². The van der Waals surface area contributed by atoms with E-state index in [1.807, 2.05) is 0 Å². The van der Waals surface area contributed by atoms with Gasteiger partial charge in [0.25, 0.3) is 5.91 Å². The van der Waals surface area contributed by atoms with Crippen molar-refractivity contribution < 1.29 is 18.8 Å². The van der Waals surface area contributed by atoms with Crippen LogP contribution in [0.1, 0.15) is 48.9 Å². The van der Waals surface area contributed by atoms with Crippen molar-refractivity contribution in [2.45, 2.75) is 38.5 Å². The summed E-state index contributed by atoms with van der Waals surface area (Å²) in [6, 6.07) is 5.83. The van der Waals surface area contributed by atoms with Crippen LogP contribution in [-0.2, 0) is 9.63 Å². The van der Waals surface area contributed by atoms with Crippen LogP contribution in [0.4, 0.5) is 4.39 Å². The zero-order valence-electron chi connectivity index (χ0n) is 15.0. The lowest BCUT2D eigenvalue weighted by atomic mass is 9.76. The number of carbonyl (C=O) groups excluding carboxylic acids is 2. The van der Waals surface area contributed by atoms with E-state index >= 15 is 0 Å². The Labute approximate surface area is 153 Å². The topological polar surface area (TPSA) is 49.9 Å². The van der Waals surface area contributed by atoms with Crippen LogP contribution < -0.4 is 0 Å². The van der Waals surface area contributed by atoms with Gasteiger partial charge >= 0.3 is 0 Å². The van der Waals surface area contributed by atoms with Crippen LogP contribution in [0.25, 0.3) is 0 Å². The second kappa shape index (κ2) is 6.99. The first-order valence-electron chi connectivity index (χ1n) is 9.58. The number of rotatable bonds is 2. The van der Waals surface area contributed by atoms with Crippen molar-refractivity contribution >= 4 is 11.8 Å². The summed E-state index contributed by atoms with van der Waals surface area (Å²) in [7, 11) is 0. The molecule has 2 amide bonds. The molecular formula is C20H25FN2O3. The van der Waals surface area contributed by atoms with Crippen LogP contribution in [0.5, 0.6) is 0 Å². The van der Waals surface area contributed by atoms with Gasteiger partial charge in [0.2, 0.25) is 5.91 Å². The Morgan fingerprint density at radius 3 is 2.81 bits per heavy atom. The first-order valence-corrected chi connectivity index (χ1v) is 9.58. The average molecular weight is 360 g/mol. The molecule has 1 aliphatic carbocycles. The third-order valence-electron chi connectivity index (χ3n) is 6.20. The zero-order valence-corrected chi connectivity index (χ0v) is 15.0. The Balaban J connectivity index is 1.48. The first kappa shape index (κ1) is 17.5. The Bertz CT molecular complexity index is 704. The first-order chi connectivity index (χ1) is 12.6. The summed E-state index contributed by atoms with van der Waals surface area (Å²) in [5.41, 5.74) is 0.225. The largest absolute Gasteiger partial charge is 0.338 e. The maximum Gasteiger partial charge on any atom is 0.253 e. The van der Waals surface area contributed by atoms with Crippen molar-refractivity contribution in [3.05, 3.63) is 35.6 Å². The number of hydroxylamine groups is 2. The normalized spacial score (nSPS) is 28.7. The van der Waals surface area contributed by atoms with Crippen LogP contribution in [-0.4, -0.2) is 48.0 Å². The van der Waals surface area contributed by atoms with E-state index < -0.39 is 5.82 Å². The predicted octanol–water partition coefficient (Wildman–Crippen LogP) is 3.01. The van der Waals surface area contributed by atoms with E-state index in [2.05, 4.69) is 0 Å². The summed E-state index contributed by atoms with van der Waals surface area (Å²) >= 11 is 0. The molecule has 5 nitrogen and oxygen atoms in total. The van der Waals surface area contributed by atoms with E-state index in [1.54, 1.807) is 22.1 Å². The third-order valence-corrected chi connectivity index (χ3v) is 6.20. The standard InChI is InChI=1S/C20H25FN2O3/c21-16-6-3-5-15(13-16)18(24)22-11-9-20(14-22)8-4-7-17(20)19(25)23-10-1-2-12-26-23/h3,5-6,13,17H,1-2,4,7-12,14H2/t17-,20+/m1/s1. The van der Waals surface area contributed by atoms with Crippen LogP contribution in [0, 0.1) is 17.2 Å². The van der Waals surface area contributed by atoms with Crippen molar-refractivity contribution in [1.29, 1.82) is 0 Å². The average Bonchev–Trinajstić information content (AvgIpc) is 3.28. The second-order valence-electron chi connectivity index (χ2n) is 7.77. The summed E-state index contributed by atoms with van der Waals surface area (Å²) in [5.74, 6) is -0.539. The quantitative estimate of drug-likeness (QED) is 0.815. The highest BCUT2D eigenvalue weighted by Gasteiger charge is 2.52. The number of benzene rings is 1. The number of amides is 2. The Kier molecular flexibility index (Phi) is 4.69. The van der Waals surface area contributed by atoms with Gasteiger partial charge in [0.05, 0.1) is 6.61 Å². The highest BCUT2D eigenvalue weighted by Crippen LogP contribution is 2.50. The Morgan fingerprint density at radius 1 is 1.15 bits per heavy atom. The van der Waals surface area contributed by atoms with Crippen LogP contribution >= 0.6 is 0 Å². The van der Waals surface area contributed by atoms with E-state index in [0.29, 0.717) is 31.8 Å². The molecule has 26 heavy (non-hydrogen) atoms. The fourth-order valence-electron chi connectivity index (χ4n) is 4.83. The van der Waals surface area contributed by atoms with Gasteiger partial charge in [-0.2, -0.15) is 0 Å². The molecule has 2 heterocycles. The summed E-state index contributed by atoms with van der Waals surface area (Å²) in [4.78, 5) is 33.1. The second-order valence-corrected chi connectivity index (χ2v) is 7.77.